The molecule has 0 N–H and O–H groups in total. The van der Waals surface area contributed by atoms with Crippen molar-refractivity contribution in [2.24, 2.45) is 0 Å². The number of halogens is 1. The van der Waals surface area contributed by atoms with Crippen LogP contribution >= 0.6 is 0 Å². The van der Waals surface area contributed by atoms with Crippen LogP contribution in [0.4, 0.5) is 4.39 Å². The third-order valence-electron chi connectivity index (χ3n) is 6.21. The standard InChI is InChI=1S/C28H33FN2O/c29-27-15-13-26(14-16-27)28(32-23-25-10-5-2-6-11-25)22-31-20-18-30(19-21-31)17-7-12-24-8-3-1-4-9-24/h1-6,8-11,13-16,28H,7,12,17-23H2. The van der Waals surface area contributed by atoms with Gasteiger partial charge in [-0.15, -0.1) is 0 Å². The summed E-state index contributed by atoms with van der Waals surface area (Å²) in [4.78, 5) is 5.05. The number of piperazine rings is 1. The minimum atomic E-state index is -0.209. The first-order chi connectivity index (χ1) is 15.8. The Hall–Kier alpha value is -2.53. The van der Waals surface area contributed by atoms with Crippen molar-refractivity contribution >= 4 is 0 Å². The zero-order valence-electron chi connectivity index (χ0n) is 18.7. The molecule has 0 amide bonds. The van der Waals surface area contributed by atoms with Gasteiger partial charge in [0.15, 0.2) is 0 Å². The Balaban J connectivity index is 1.27. The van der Waals surface area contributed by atoms with E-state index < -0.39 is 0 Å². The maximum absolute atomic E-state index is 13.5. The third-order valence-corrected chi connectivity index (χ3v) is 6.21. The minimum Gasteiger partial charge on any atom is -0.368 e. The van der Waals surface area contributed by atoms with Crippen molar-refractivity contribution in [1.29, 1.82) is 0 Å². The number of benzene rings is 3. The number of aryl methyl sites for hydroxylation is 1. The quantitative estimate of drug-likeness (QED) is 0.430. The van der Waals surface area contributed by atoms with Gasteiger partial charge in [-0.25, -0.2) is 4.39 Å². The molecule has 1 fully saturated rings. The smallest absolute Gasteiger partial charge is 0.123 e. The van der Waals surface area contributed by atoms with E-state index >= 15 is 0 Å². The van der Waals surface area contributed by atoms with E-state index in [1.807, 2.05) is 30.3 Å². The van der Waals surface area contributed by atoms with Gasteiger partial charge in [-0.1, -0.05) is 72.8 Å². The largest absolute Gasteiger partial charge is 0.368 e. The average molecular weight is 433 g/mol. The monoisotopic (exact) mass is 432 g/mol. The molecule has 32 heavy (non-hydrogen) atoms. The lowest BCUT2D eigenvalue weighted by Crippen LogP contribution is -2.47. The Kier molecular flexibility index (Phi) is 8.43. The first kappa shape index (κ1) is 22.7. The van der Waals surface area contributed by atoms with E-state index in [1.54, 1.807) is 0 Å². The van der Waals surface area contributed by atoms with Crippen LogP contribution in [0, 0.1) is 5.82 Å². The van der Waals surface area contributed by atoms with Crippen molar-refractivity contribution in [3.05, 3.63) is 107 Å². The maximum Gasteiger partial charge on any atom is 0.123 e. The maximum atomic E-state index is 13.5. The normalized spacial score (nSPS) is 16.2. The van der Waals surface area contributed by atoms with Gasteiger partial charge in [-0.05, 0) is 48.2 Å². The van der Waals surface area contributed by atoms with Crippen molar-refractivity contribution in [2.45, 2.75) is 25.6 Å². The summed E-state index contributed by atoms with van der Waals surface area (Å²) in [5, 5.41) is 0. The van der Waals surface area contributed by atoms with E-state index in [0.29, 0.717) is 6.61 Å². The predicted octanol–water partition coefficient (Wildman–Crippen LogP) is 5.33. The van der Waals surface area contributed by atoms with E-state index in [2.05, 4.69) is 52.3 Å². The minimum absolute atomic E-state index is 0.0690. The van der Waals surface area contributed by atoms with Crippen LogP contribution in [-0.2, 0) is 17.8 Å². The van der Waals surface area contributed by atoms with Crippen LogP contribution in [0.15, 0.2) is 84.9 Å². The lowest BCUT2D eigenvalue weighted by Gasteiger charge is -2.36. The molecule has 1 aliphatic heterocycles. The fourth-order valence-corrected chi connectivity index (χ4v) is 4.28. The molecular weight excluding hydrogens is 399 g/mol. The van der Waals surface area contributed by atoms with Crippen molar-refractivity contribution in [2.75, 3.05) is 39.3 Å². The molecule has 3 aromatic rings. The Morgan fingerprint density at radius 3 is 1.97 bits per heavy atom. The summed E-state index contributed by atoms with van der Waals surface area (Å²) in [7, 11) is 0. The molecule has 0 aromatic heterocycles. The van der Waals surface area contributed by atoms with Gasteiger partial charge in [0.25, 0.3) is 0 Å². The van der Waals surface area contributed by atoms with Crippen molar-refractivity contribution in [3.8, 4) is 0 Å². The number of nitrogens with zero attached hydrogens (tertiary/aromatic N) is 2. The Morgan fingerprint density at radius 1 is 0.719 bits per heavy atom. The highest BCUT2D eigenvalue weighted by Crippen LogP contribution is 2.22. The second-order valence-corrected chi connectivity index (χ2v) is 8.57. The highest BCUT2D eigenvalue weighted by atomic mass is 19.1. The van der Waals surface area contributed by atoms with Gasteiger partial charge in [0.2, 0.25) is 0 Å². The van der Waals surface area contributed by atoms with Crippen LogP contribution in [0.25, 0.3) is 0 Å². The fourth-order valence-electron chi connectivity index (χ4n) is 4.28. The second-order valence-electron chi connectivity index (χ2n) is 8.57. The van der Waals surface area contributed by atoms with Crippen LogP contribution < -0.4 is 0 Å². The van der Waals surface area contributed by atoms with Gasteiger partial charge in [0.05, 0.1) is 12.7 Å². The molecule has 0 spiro atoms. The zero-order chi connectivity index (χ0) is 22.0. The molecule has 3 nitrogen and oxygen atoms in total. The molecule has 3 aromatic carbocycles. The Morgan fingerprint density at radius 2 is 1.31 bits per heavy atom. The van der Waals surface area contributed by atoms with Crippen LogP contribution in [0.3, 0.4) is 0 Å². The molecule has 0 aliphatic carbocycles. The van der Waals surface area contributed by atoms with Crippen molar-refractivity contribution in [1.82, 2.24) is 9.80 Å². The third kappa shape index (κ3) is 6.99. The van der Waals surface area contributed by atoms with E-state index in [-0.39, 0.29) is 11.9 Å². The first-order valence-corrected chi connectivity index (χ1v) is 11.7. The van der Waals surface area contributed by atoms with E-state index in [1.165, 1.54) is 24.1 Å². The van der Waals surface area contributed by atoms with E-state index in [9.17, 15) is 4.39 Å². The highest BCUT2D eigenvalue weighted by molar-refractivity contribution is 5.20. The lowest BCUT2D eigenvalue weighted by atomic mass is 10.1. The molecule has 1 unspecified atom stereocenters. The van der Waals surface area contributed by atoms with Gasteiger partial charge in [-0.3, -0.25) is 4.90 Å². The molecule has 1 saturated heterocycles. The van der Waals surface area contributed by atoms with E-state index in [0.717, 1.165) is 56.8 Å². The van der Waals surface area contributed by atoms with Crippen LogP contribution in [0.1, 0.15) is 29.2 Å². The SMILES string of the molecule is Fc1ccc(C(CN2CCN(CCCc3ccccc3)CC2)OCc2ccccc2)cc1. The molecule has 168 valence electrons. The molecule has 4 rings (SSSR count). The van der Waals surface area contributed by atoms with Gasteiger partial charge in [-0.2, -0.15) is 0 Å². The molecule has 0 bridgehead atoms. The second kappa shape index (κ2) is 11.9. The summed E-state index contributed by atoms with van der Waals surface area (Å²) >= 11 is 0. The summed E-state index contributed by atoms with van der Waals surface area (Å²) in [6.45, 7) is 6.79. The number of hydrogen-bond acceptors (Lipinski definition) is 3. The number of hydrogen-bond donors (Lipinski definition) is 0. The Labute approximate surface area is 191 Å². The van der Waals surface area contributed by atoms with Crippen molar-refractivity contribution in [3.63, 3.8) is 0 Å². The number of rotatable bonds is 10. The summed E-state index contributed by atoms with van der Waals surface area (Å²) in [6, 6.07) is 27.7. The summed E-state index contributed by atoms with van der Waals surface area (Å²) in [5.74, 6) is -0.209. The summed E-state index contributed by atoms with van der Waals surface area (Å²) in [6.07, 6.45) is 2.27. The average Bonchev–Trinajstić information content (AvgIpc) is 2.85. The molecule has 0 radical (unpaired) electrons. The fraction of sp³-hybridized carbons (Fsp3) is 0.357. The zero-order valence-corrected chi connectivity index (χ0v) is 18.7. The molecule has 1 aliphatic rings. The molecule has 4 heteroatoms. The molecule has 1 atom stereocenters. The van der Waals surface area contributed by atoms with Crippen LogP contribution in [0.2, 0.25) is 0 Å². The van der Waals surface area contributed by atoms with Gasteiger partial charge in [0, 0.05) is 32.7 Å². The van der Waals surface area contributed by atoms with Crippen LogP contribution in [0.5, 0.6) is 0 Å². The molecule has 1 heterocycles. The van der Waals surface area contributed by atoms with Gasteiger partial charge < -0.3 is 9.64 Å². The topological polar surface area (TPSA) is 15.7 Å². The first-order valence-electron chi connectivity index (χ1n) is 11.7. The van der Waals surface area contributed by atoms with E-state index in [4.69, 9.17) is 4.74 Å². The van der Waals surface area contributed by atoms with Gasteiger partial charge >= 0.3 is 0 Å². The number of ether oxygens (including phenoxy) is 1. The summed E-state index contributed by atoms with van der Waals surface area (Å²) < 4.78 is 19.8. The van der Waals surface area contributed by atoms with Crippen molar-refractivity contribution < 1.29 is 9.13 Å². The highest BCUT2D eigenvalue weighted by Gasteiger charge is 2.21. The molecule has 0 saturated carbocycles. The van der Waals surface area contributed by atoms with Gasteiger partial charge in [0.1, 0.15) is 5.82 Å². The van der Waals surface area contributed by atoms with Crippen LogP contribution in [-0.4, -0.2) is 49.1 Å². The lowest BCUT2D eigenvalue weighted by molar-refractivity contribution is 0.00261. The summed E-state index contributed by atoms with van der Waals surface area (Å²) in [5.41, 5.74) is 3.61. The molecular formula is C28H33FN2O. The Bertz CT molecular complexity index is 909. The predicted molar refractivity (Wildman–Crippen MR) is 128 cm³/mol.